The van der Waals surface area contributed by atoms with Crippen LogP contribution in [0.15, 0.2) is 0 Å². The van der Waals surface area contributed by atoms with Crippen LogP contribution in [0.2, 0.25) is 0 Å². The summed E-state index contributed by atoms with van der Waals surface area (Å²) in [5, 5.41) is 3.23. The molecule has 2 nitrogen and oxygen atoms in total. The molecular formula is C9H17NOS. The highest BCUT2D eigenvalue weighted by Crippen LogP contribution is 2.26. The number of hydrogen-bond donors (Lipinski definition) is 1. The molecule has 1 heterocycles. The lowest BCUT2D eigenvalue weighted by Crippen LogP contribution is -2.53. The Hall–Kier alpha value is -0.180. The minimum absolute atomic E-state index is 0.00795. The lowest BCUT2D eigenvalue weighted by Gasteiger charge is -2.34. The standard InChI is InChI=1S/C9H17NOS/c1-4-5-7-8(11)10-9(2,3)6-12-7/h7H,4-6H2,1-3H3,(H,10,11)/t7-/m1/s1. The molecule has 1 saturated heterocycles. The maximum Gasteiger partial charge on any atom is 0.233 e. The Morgan fingerprint density at radius 1 is 1.67 bits per heavy atom. The van der Waals surface area contributed by atoms with Crippen LogP contribution in [-0.4, -0.2) is 22.4 Å². The van der Waals surface area contributed by atoms with Crippen molar-refractivity contribution in [2.24, 2.45) is 0 Å². The van der Waals surface area contributed by atoms with Gasteiger partial charge in [0.25, 0.3) is 0 Å². The summed E-state index contributed by atoms with van der Waals surface area (Å²) in [6, 6.07) is 0. The third-order valence-electron chi connectivity index (χ3n) is 1.95. The van der Waals surface area contributed by atoms with Crippen LogP contribution in [0.1, 0.15) is 33.6 Å². The van der Waals surface area contributed by atoms with Gasteiger partial charge in [-0.15, -0.1) is 11.8 Å². The minimum atomic E-state index is -0.00795. The lowest BCUT2D eigenvalue weighted by molar-refractivity contribution is -0.122. The molecule has 0 bridgehead atoms. The van der Waals surface area contributed by atoms with Crippen molar-refractivity contribution in [3.63, 3.8) is 0 Å². The molecular weight excluding hydrogens is 170 g/mol. The number of carbonyl (C=O) groups excluding carboxylic acids is 1. The van der Waals surface area contributed by atoms with E-state index in [1.54, 1.807) is 11.8 Å². The summed E-state index contributed by atoms with van der Waals surface area (Å²) < 4.78 is 0. The molecule has 0 aromatic heterocycles. The first-order valence-corrected chi connectivity index (χ1v) is 5.53. The highest BCUT2D eigenvalue weighted by Gasteiger charge is 2.32. The van der Waals surface area contributed by atoms with Crippen molar-refractivity contribution < 1.29 is 4.79 Å². The monoisotopic (exact) mass is 187 g/mol. The SMILES string of the molecule is CCC[C@H]1SCC(C)(C)NC1=O. The maximum atomic E-state index is 11.5. The van der Waals surface area contributed by atoms with Gasteiger partial charge in [-0.1, -0.05) is 13.3 Å². The van der Waals surface area contributed by atoms with Crippen LogP contribution in [0, 0.1) is 0 Å². The fourth-order valence-electron chi connectivity index (χ4n) is 1.31. The predicted molar refractivity (Wildman–Crippen MR) is 53.4 cm³/mol. The van der Waals surface area contributed by atoms with Crippen molar-refractivity contribution in [2.75, 3.05) is 5.75 Å². The van der Waals surface area contributed by atoms with Crippen molar-refractivity contribution >= 4 is 17.7 Å². The molecule has 0 spiro atoms. The second-order valence-corrected chi connectivity index (χ2v) is 5.15. The Morgan fingerprint density at radius 2 is 2.33 bits per heavy atom. The number of amides is 1. The summed E-state index contributed by atoms with van der Waals surface area (Å²) in [6.45, 7) is 6.26. The fraction of sp³-hybridized carbons (Fsp3) is 0.889. The Labute approximate surface area is 78.5 Å². The van der Waals surface area contributed by atoms with E-state index in [1.807, 2.05) is 0 Å². The van der Waals surface area contributed by atoms with E-state index in [0.717, 1.165) is 18.6 Å². The Bertz CT molecular complexity index is 179. The van der Waals surface area contributed by atoms with Crippen LogP contribution < -0.4 is 5.32 Å². The number of thioether (sulfide) groups is 1. The first-order valence-electron chi connectivity index (χ1n) is 4.49. The molecule has 1 aliphatic rings. The van der Waals surface area contributed by atoms with E-state index in [4.69, 9.17) is 0 Å². The molecule has 1 amide bonds. The van der Waals surface area contributed by atoms with Crippen LogP contribution in [0.4, 0.5) is 0 Å². The highest BCUT2D eigenvalue weighted by molar-refractivity contribution is 8.00. The van der Waals surface area contributed by atoms with Gasteiger partial charge < -0.3 is 5.32 Å². The van der Waals surface area contributed by atoms with E-state index >= 15 is 0 Å². The summed E-state index contributed by atoms with van der Waals surface area (Å²) in [5.41, 5.74) is -0.00795. The van der Waals surface area contributed by atoms with Crippen molar-refractivity contribution in [1.29, 1.82) is 0 Å². The molecule has 0 radical (unpaired) electrons. The van der Waals surface area contributed by atoms with Crippen molar-refractivity contribution in [2.45, 2.75) is 44.4 Å². The summed E-state index contributed by atoms with van der Waals surface area (Å²) in [7, 11) is 0. The van der Waals surface area contributed by atoms with Crippen LogP contribution in [0.5, 0.6) is 0 Å². The predicted octanol–water partition coefficient (Wildman–Crippen LogP) is 1.80. The van der Waals surface area contributed by atoms with Gasteiger partial charge in [0, 0.05) is 11.3 Å². The van der Waals surface area contributed by atoms with E-state index in [9.17, 15) is 4.79 Å². The summed E-state index contributed by atoms with van der Waals surface area (Å²) >= 11 is 1.79. The quantitative estimate of drug-likeness (QED) is 0.714. The highest BCUT2D eigenvalue weighted by atomic mass is 32.2. The third-order valence-corrected chi connectivity index (χ3v) is 3.69. The molecule has 1 rings (SSSR count). The topological polar surface area (TPSA) is 29.1 Å². The zero-order chi connectivity index (χ0) is 9.19. The van der Waals surface area contributed by atoms with Crippen LogP contribution in [0.3, 0.4) is 0 Å². The second kappa shape index (κ2) is 3.69. The second-order valence-electron chi connectivity index (χ2n) is 3.96. The van der Waals surface area contributed by atoms with Crippen LogP contribution >= 0.6 is 11.8 Å². The average Bonchev–Trinajstić information content (AvgIpc) is 1.94. The Kier molecular flexibility index (Phi) is 3.04. The number of hydrogen-bond acceptors (Lipinski definition) is 2. The smallest absolute Gasteiger partial charge is 0.233 e. The minimum Gasteiger partial charge on any atom is -0.349 e. The zero-order valence-corrected chi connectivity index (χ0v) is 8.83. The number of nitrogens with one attached hydrogen (secondary N) is 1. The number of rotatable bonds is 2. The van der Waals surface area contributed by atoms with Gasteiger partial charge in [-0.2, -0.15) is 0 Å². The van der Waals surface area contributed by atoms with Gasteiger partial charge in [-0.25, -0.2) is 0 Å². The van der Waals surface area contributed by atoms with Crippen LogP contribution in [-0.2, 0) is 4.79 Å². The molecule has 70 valence electrons. The van der Waals surface area contributed by atoms with Gasteiger partial charge in [-0.05, 0) is 20.3 Å². The molecule has 12 heavy (non-hydrogen) atoms. The van der Waals surface area contributed by atoms with Gasteiger partial charge in [0.2, 0.25) is 5.91 Å². The molecule has 0 unspecified atom stereocenters. The van der Waals surface area contributed by atoms with E-state index in [1.165, 1.54) is 0 Å². The molecule has 0 aromatic carbocycles. The number of carbonyl (C=O) groups is 1. The van der Waals surface area contributed by atoms with Crippen molar-refractivity contribution in [3.05, 3.63) is 0 Å². The van der Waals surface area contributed by atoms with E-state index < -0.39 is 0 Å². The lowest BCUT2D eigenvalue weighted by atomic mass is 10.1. The van der Waals surface area contributed by atoms with Gasteiger partial charge in [0.05, 0.1) is 5.25 Å². The van der Waals surface area contributed by atoms with Crippen LogP contribution in [0.25, 0.3) is 0 Å². The summed E-state index contributed by atoms with van der Waals surface area (Å²) in [4.78, 5) is 11.5. The third kappa shape index (κ3) is 2.41. The van der Waals surface area contributed by atoms with Gasteiger partial charge in [0.1, 0.15) is 0 Å². The van der Waals surface area contributed by atoms with Gasteiger partial charge in [0.15, 0.2) is 0 Å². The largest absolute Gasteiger partial charge is 0.349 e. The molecule has 3 heteroatoms. The average molecular weight is 187 g/mol. The van der Waals surface area contributed by atoms with Gasteiger partial charge >= 0.3 is 0 Å². The summed E-state index contributed by atoms with van der Waals surface area (Å²) in [6.07, 6.45) is 2.10. The molecule has 1 fully saturated rings. The summed E-state index contributed by atoms with van der Waals surface area (Å²) in [5.74, 6) is 1.25. The molecule has 0 aliphatic carbocycles. The first kappa shape index (κ1) is 9.90. The Balaban J connectivity index is 2.48. The molecule has 1 N–H and O–H groups in total. The normalized spacial score (nSPS) is 28.2. The molecule has 1 atom stereocenters. The zero-order valence-electron chi connectivity index (χ0n) is 8.02. The first-order chi connectivity index (χ1) is 5.55. The molecule has 0 aromatic rings. The van der Waals surface area contributed by atoms with Gasteiger partial charge in [-0.3, -0.25) is 4.79 Å². The van der Waals surface area contributed by atoms with E-state index in [-0.39, 0.29) is 16.7 Å². The fourth-order valence-corrected chi connectivity index (χ4v) is 2.61. The molecule has 0 saturated carbocycles. The van der Waals surface area contributed by atoms with E-state index in [0.29, 0.717) is 0 Å². The van der Waals surface area contributed by atoms with E-state index in [2.05, 4.69) is 26.1 Å². The van der Waals surface area contributed by atoms with Crippen molar-refractivity contribution in [1.82, 2.24) is 5.32 Å². The van der Waals surface area contributed by atoms with Crippen molar-refractivity contribution in [3.8, 4) is 0 Å². The maximum absolute atomic E-state index is 11.5. The Morgan fingerprint density at radius 3 is 2.83 bits per heavy atom. The molecule has 1 aliphatic heterocycles.